The maximum absolute atomic E-state index is 8.93. The van der Waals surface area contributed by atoms with E-state index in [1.54, 1.807) is 13.1 Å². The number of aliphatic hydroxyl groups is 1. The van der Waals surface area contributed by atoms with Crippen molar-refractivity contribution < 1.29 is 9.84 Å². The second-order valence-electron chi connectivity index (χ2n) is 2.83. The van der Waals surface area contributed by atoms with Gasteiger partial charge in [-0.25, -0.2) is 4.98 Å². The lowest BCUT2D eigenvalue weighted by atomic mass is 10.3. The molecule has 66 valence electrons. The molecule has 0 spiro atoms. The summed E-state index contributed by atoms with van der Waals surface area (Å²) in [6.45, 7) is 3.93. The fourth-order valence-electron chi connectivity index (χ4n) is 0.793. The average molecular weight is 167 g/mol. The second-order valence-corrected chi connectivity index (χ2v) is 2.83. The summed E-state index contributed by atoms with van der Waals surface area (Å²) in [6, 6.07) is 3.73. The van der Waals surface area contributed by atoms with Gasteiger partial charge in [-0.3, -0.25) is 0 Å². The average Bonchev–Trinajstić information content (AvgIpc) is 2.01. The van der Waals surface area contributed by atoms with E-state index in [4.69, 9.17) is 9.84 Å². The van der Waals surface area contributed by atoms with Crippen LogP contribution in [0.4, 0.5) is 0 Å². The van der Waals surface area contributed by atoms with Crippen molar-refractivity contribution in [1.29, 1.82) is 0 Å². The highest BCUT2D eigenvalue weighted by Crippen LogP contribution is 2.07. The first-order valence-electron chi connectivity index (χ1n) is 3.92. The van der Waals surface area contributed by atoms with Crippen LogP contribution in [0.2, 0.25) is 0 Å². The van der Waals surface area contributed by atoms with E-state index in [9.17, 15) is 0 Å². The van der Waals surface area contributed by atoms with Crippen LogP contribution in [0.25, 0.3) is 0 Å². The van der Waals surface area contributed by atoms with Crippen LogP contribution in [0.3, 0.4) is 0 Å². The molecule has 1 unspecified atom stereocenters. The summed E-state index contributed by atoms with van der Waals surface area (Å²) >= 11 is 0. The predicted octanol–water partition coefficient (Wildman–Crippen LogP) is 1.15. The van der Waals surface area contributed by atoms with Crippen LogP contribution < -0.4 is 4.74 Å². The van der Waals surface area contributed by atoms with Crippen molar-refractivity contribution in [2.24, 2.45) is 0 Å². The summed E-state index contributed by atoms with van der Waals surface area (Å²) in [5, 5.41) is 8.93. The maximum Gasteiger partial charge on any atom is 0.213 e. The highest BCUT2D eigenvalue weighted by atomic mass is 16.5. The third-order valence-electron chi connectivity index (χ3n) is 1.36. The highest BCUT2D eigenvalue weighted by molar-refractivity contribution is 5.18. The first-order valence-corrected chi connectivity index (χ1v) is 3.92. The smallest absolute Gasteiger partial charge is 0.213 e. The van der Waals surface area contributed by atoms with Crippen LogP contribution in [0, 0.1) is 6.92 Å². The largest absolute Gasteiger partial charge is 0.475 e. The van der Waals surface area contributed by atoms with Crippen molar-refractivity contribution >= 4 is 0 Å². The molecular formula is C9H13NO2. The Hall–Kier alpha value is -1.09. The Morgan fingerprint density at radius 2 is 2.42 bits per heavy atom. The van der Waals surface area contributed by atoms with Crippen LogP contribution in [-0.4, -0.2) is 22.8 Å². The predicted molar refractivity (Wildman–Crippen MR) is 46.1 cm³/mol. The Balaban J connectivity index is 2.52. The van der Waals surface area contributed by atoms with Gasteiger partial charge < -0.3 is 9.84 Å². The van der Waals surface area contributed by atoms with Gasteiger partial charge in [0.1, 0.15) is 6.61 Å². The molecule has 1 N–H and O–H groups in total. The summed E-state index contributed by atoms with van der Waals surface area (Å²) in [4.78, 5) is 3.98. The molecule has 0 amide bonds. The molecule has 0 saturated heterocycles. The second kappa shape index (κ2) is 4.07. The Bertz CT molecular complexity index is 248. The molecule has 1 heterocycles. The maximum atomic E-state index is 8.93. The number of pyridine rings is 1. The Kier molecular flexibility index (Phi) is 3.05. The van der Waals surface area contributed by atoms with E-state index in [2.05, 4.69) is 4.98 Å². The van der Waals surface area contributed by atoms with Crippen molar-refractivity contribution in [1.82, 2.24) is 4.98 Å². The van der Waals surface area contributed by atoms with Crippen molar-refractivity contribution in [2.75, 3.05) is 6.61 Å². The van der Waals surface area contributed by atoms with Crippen LogP contribution in [0.1, 0.15) is 12.5 Å². The number of aromatic nitrogens is 1. The van der Waals surface area contributed by atoms with E-state index in [1.165, 1.54) is 0 Å². The normalized spacial score (nSPS) is 12.6. The molecule has 0 fully saturated rings. The molecule has 3 nitrogen and oxygen atoms in total. The number of hydrogen-bond acceptors (Lipinski definition) is 3. The first-order chi connectivity index (χ1) is 5.68. The third-order valence-corrected chi connectivity index (χ3v) is 1.36. The molecule has 1 aromatic rings. The van der Waals surface area contributed by atoms with Gasteiger partial charge in [0.15, 0.2) is 0 Å². The Morgan fingerprint density at radius 1 is 1.67 bits per heavy atom. The molecule has 0 aliphatic heterocycles. The molecule has 0 saturated carbocycles. The molecule has 1 atom stereocenters. The molecule has 3 heteroatoms. The SMILES string of the molecule is Cc1ccnc(OCC(C)O)c1. The van der Waals surface area contributed by atoms with E-state index in [1.807, 2.05) is 19.1 Å². The zero-order chi connectivity index (χ0) is 8.97. The highest BCUT2D eigenvalue weighted by Gasteiger charge is 1.98. The minimum absolute atomic E-state index is 0.288. The molecule has 0 aromatic carbocycles. The van der Waals surface area contributed by atoms with Gasteiger partial charge in [0.05, 0.1) is 6.10 Å². The van der Waals surface area contributed by atoms with Gasteiger partial charge in [0, 0.05) is 12.3 Å². The Labute approximate surface area is 72.0 Å². The number of aliphatic hydroxyl groups excluding tert-OH is 1. The minimum atomic E-state index is -0.452. The minimum Gasteiger partial charge on any atom is -0.475 e. The van der Waals surface area contributed by atoms with Crippen LogP contribution in [0.15, 0.2) is 18.3 Å². The molecule has 1 aromatic heterocycles. The van der Waals surface area contributed by atoms with E-state index >= 15 is 0 Å². The topological polar surface area (TPSA) is 42.4 Å². The summed E-state index contributed by atoms with van der Waals surface area (Å²) in [7, 11) is 0. The lowest BCUT2D eigenvalue weighted by Gasteiger charge is -2.06. The van der Waals surface area contributed by atoms with E-state index in [0.29, 0.717) is 5.88 Å². The summed E-state index contributed by atoms with van der Waals surface area (Å²) in [5.41, 5.74) is 1.10. The zero-order valence-corrected chi connectivity index (χ0v) is 7.32. The molecule has 0 aliphatic carbocycles. The van der Waals surface area contributed by atoms with Gasteiger partial charge >= 0.3 is 0 Å². The monoisotopic (exact) mass is 167 g/mol. The summed E-state index contributed by atoms with van der Waals surface area (Å²) < 4.78 is 5.19. The molecule has 12 heavy (non-hydrogen) atoms. The number of nitrogens with zero attached hydrogens (tertiary/aromatic N) is 1. The van der Waals surface area contributed by atoms with Gasteiger partial charge in [0.2, 0.25) is 5.88 Å². The van der Waals surface area contributed by atoms with Crippen LogP contribution >= 0.6 is 0 Å². The van der Waals surface area contributed by atoms with Crippen molar-refractivity contribution in [3.63, 3.8) is 0 Å². The number of aryl methyl sites for hydroxylation is 1. The number of ether oxygens (including phenoxy) is 1. The van der Waals surface area contributed by atoms with Gasteiger partial charge in [-0.05, 0) is 25.5 Å². The quantitative estimate of drug-likeness (QED) is 0.734. The third kappa shape index (κ3) is 2.88. The van der Waals surface area contributed by atoms with Gasteiger partial charge in [0.25, 0.3) is 0 Å². The fraction of sp³-hybridized carbons (Fsp3) is 0.444. The fourth-order valence-corrected chi connectivity index (χ4v) is 0.793. The standard InChI is InChI=1S/C9H13NO2/c1-7-3-4-10-9(5-7)12-6-8(2)11/h3-5,8,11H,6H2,1-2H3. The van der Waals surface area contributed by atoms with Crippen molar-refractivity contribution in [2.45, 2.75) is 20.0 Å². The number of rotatable bonds is 3. The van der Waals surface area contributed by atoms with Gasteiger partial charge in [-0.1, -0.05) is 0 Å². The van der Waals surface area contributed by atoms with Crippen molar-refractivity contribution in [3.8, 4) is 5.88 Å². The van der Waals surface area contributed by atoms with Crippen molar-refractivity contribution in [3.05, 3.63) is 23.9 Å². The van der Waals surface area contributed by atoms with Crippen LogP contribution in [0.5, 0.6) is 5.88 Å². The summed E-state index contributed by atoms with van der Waals surface area (Å²) in [5.74, 6) is 0.566. The molecule has 1 rings (SSSR count). The number of hydrogen-bond donors (Lipinski definition) is 1. The van der Waals surface area contributed by atoms with Gasteiger partial charge in [-0.15, -0.1) is 0 Å². The van der Waals surface area contributed by atoms with E-state index in [0.717, 1.165) is 5.56 Å². The lowest BCUT2D eigenvalue weighted by Crippen LogP contribution is -2.13. The van der Waals surface area contributed by atoms with Gasteiger partial charge in [-0.2, -0.15) is 0 Å². The lowest BCUT2D eigenvalue weighted by molar-refractivity contribution is 0.120. The van der Waals surface area contributed by atoms with Crippen LogP contribution in [-0.2, 0) is 0 Å². The molecule has 0 radical (unpaired) electrons. The first kappa shape index (κ1) is 9.00. The van der Waals surface area contributed by atoms with E-state index in [-0.39, 0.29) is 6.61 Å². The molecular weight excluding hydrogens is 154 g/mol. The summed E-state index contributed by atoms with van der Waals surface area (Å²) in [6.07, 6.45) is 1.24. The molecule has 0 bridgehead atoms. The Morgan fingerprint density at radius 3 is 3.00 bits per heavy atom. The zero-order valence-electron chi connectivity index (χ0n) is 7.32. The molecule has 0 aliphatic rings. The van der Waals surface area contributed by atoms with E-state index < -0.39 is 6.10 Å².